The summed E-state index contributed by atoms with van der Waals surface area (Å²) >= 11 is 0. The van der Waals surface area contributed by atoms with Gasteiger partial charge in [-0.2, -0.15) is 0 Å². The zero-order valence-electron chi connectivity index (χ0n) is 12.3. The summed E-state index contributed by atoms with van der Waals surface area (Å²) in [6, 6.07) is -0.231. The van der Waals surface area contributed by atoms with Crippen molar-refractivity contribution < 1.29 is 28.4 Å². The van der Waals surface area contributed by atoms with Gasteiger partial charge in [0.05, 0.1) is 27.7 Å². The van der Waals surface area contributed by atoms with Gasteiger partial charge in [-0.05, 0) is 12.5 Å². The molecular weight excluding hydrogens is 310 g/mol. The topological polar surface area (TPSA) is 101 Å². The lowest BCUT2D eigenvalue weighted by Gasteiger charge is -2.42. The second-order valence-electron chi connectivity index (χ2n) is 5.07. The van der Waals surface area contributed by atoms with Crippen LogP contribution in [0.25, 0.3) is 0 Å². The van der Waals surface area contributed by atoms with Gasteiger partial charge in [0, 0.05) is 18.9 Å². The van der Waals surface area contributed by atoms with E-state index in [1.54, 1.807) is 0 Å². The van der Waals surface area contributed by atoms with Crippen molar-refractivity contribution in [3.63, 3.8) is 0 Å². The fourth-order valence-corrected chi connectivity index (χ4v) is 3.94. The Hall–Kier alpha value is -1.80. The Balaban J connectivity index is 2.22. The van der Waals surface area contributed by atoms with Gasteiger partial charge in [-0.3, -0.25) is 9.59 Å². The number of hydrogen-bond donors (Lipinski definition) is 1. The summed E-state index contributed by atoms with van der Waals surface area (Å²) in [5.41, 5.74) is -0.207. The first-order chi connectivity index (χ1) is 10.4. The second kappa shape index (κ2) is 6.53. The minimum Gasteiger partial charge on any atom is -0.477 e. The normalized spacial score (nSPS) is 25.4. The molecule has 120 valence electrons. The standard InChI is InChI=1S/C14H17NO6S/c1-3-9-10-6-11(12(14(18)19)15(10)13(9)17)22(20)5-4-8(16)7-21-2/h4-5,9-10H,3,6-7H2,1-2H3,(H,18,19)/b5-4+/t9-,10?,22?/m1/s1. The van der Waals surface area contributed by atoms with Crippen molar-refractivity contribution in [1.29, 1.82) is 0 Å². The van der Waals surface area contributed by atoms with Crippen molar-refractivity contribution >= 4 is 28.5 Å². The van der Waals surface area contributed by atoms with Crippen molar-refractivity contribution in [3.8, 4) is 0 Å². The van der Waals surface area contributed by atoms with Crippen LogP contribution in [0.4, 0.5) is 0 Å². The van der Waals surface area contributed by atoms with Gasteiger partial charge in [0.2, 0.25) is 5.91 Å². The third-order valence-electron chi connectivity index (χ3n) is 3.80. The van der Waals surface area contributed by atoms with Crippen LogP contribution in [0.5, 0.6) is 0 Å². The van der Waals surface area contributed by atoms with Gasteiger partial charge >= 0.3 is 5.97 Å². The largest absolute Gasteiger partial charge is 0.477 e. The summed E-state index contributed by atoms with van der Waals surface area (Å²) in [5, 5.41) is 10.4. The summed E-state index contributed by atoms with van der Waals surface area (Å²) in [5.74, 6) is -2.10. The number of carbonyl (C=O) groups is 3. The molecule has 0 saturated carbocycles. The van der Waals surface area contributed by atoms with Gasteiger partial charge in [-0.25, -0.2) is 9.00 Å². The quantitative estimate of drug-likeness (QED) is 0.536. The number of methoxy groups -OCH3 is 1. The van der Waals surface area contributed by atoms with Crippen LogP contribution in [0.2, 0.25) is 0 Å². The molecule has 0 bridgehead atoms. The van der Waals surface area contributed by atoms with Crippen molar-refractivity contribution in [2.75, 3.05) is 13.7 Å². The molecule has 0 radical (unpaired) electrons. The van der Waals surface area contributed by atoms with E-state index >= 15 is 0 Å². The van der Waals surface area contributed by atoms with Crippen LogP contribution >= 0.6 is 0 Å². The van der Waals surface area contributed by atoms with Gasteiger partial charge in [0.15, 0.2) is 5.78 Å². The number of carboxylic acids is 1. The van der Waals surface area contributed by atoms with Crippen LogP contribution in [-0.4, -0.2) is 51.6 Å². The van der Waals surface area contributed by atoms with Crippen molar-refractivity contribution in [2.45, 2.75) is 25.8 Å². The van der Waals surface area contributed by atoms with E-state index in [1.807, 2.05) is 6.92 Å². The summed E-state index contributed by atoms with van der Waals surface area (Å²) in [6.07, 6.45) is 2.00. The molecule has 2 unspecified atom stereocenters. The van der Waals surface area contributed by atoms with Crippen molar-refractivity contribution in [1.82, 2.24) is 4.90 Å². The molecule has 2 aliphatic heterocycles. The van der Waals surface area contributed by atoms with Gasteiger partial charge < -0.3 is 14.7 Å². The fraction of sp³-hybridized carbons (Fsp3) is 0.500. The van der Waals surface area contributed by atoms with Gasteiger partial charge in [-0.15, -0.1) is 0 Å². The SMILES string of the molecule is CC[C@H]1C(=O)N2C(C(=O)O)=C(S(=O)/C=C/C(=O)COC)CC12. The van der Waals surface area contributed by atoms with E-state index in [-0.39, 0.29) is 47.3 Å². The van der Waals surface area contributed by atoms with Crippen LogP contribution in [-0.2, 0) is 29.9 Å². The average Bonchev–Trinajstić information content (AvgIpc) is 2.81. The number of rotatable bonds is 7. The van der Waals surface area contributed by atoms with E-state index in [2.05, 4.69) is 4.74 Å². The molecule has 1 N–H and O–H groups in total. The van der Waals surface area contributed by atoms with E-state index < -0.39 is 16.8 Å². The van der Waals surface area contributed by atoms with Crippen molar-refractivity contribution in [2.24, 2.45) is 5.92 Å². The number of ether oxygens (including phenoxy) is 1. The maximum absolute atomic E-state index is 12.3. The number of aliphatic carboxylic acids is 1. The number of fused-ring (bicyclic) bond motifs is 1. The van der Waals surface area contributed by atoms with Gasteiger partial charge in [0.1, 0.15) is 12.3 Å². The zero-order chi connectivity index (χ0) is 16.4. The molecule has 0 aliphatic carbocycles. The fourth-order valence-electron chi connectivity index (χ4n) is 2.79. The Kier molecular flexibility index (Phi) is 4.92. The van der Waals surface area contributed by atoms with Crippen molar-refractivity contribution in [3.05, 3.63) is 22.1 Å². The lowest BCUT2D eigenvalue weighted by Crippen LogP contribution is -2.58. The number of amides is 1. The first kappa shape index (κ1) is 16.6. The Bertz CT molecular complexity index is 608. The molecule has 0 aromatic carbocycles. The predicted octanol–water partition coefficient (Wildman–Crippen LogP) is 0.401. The molecule has 7 nitrogen and oxygen atoms in total. The maximum atomic E-state index is 12.3. The highest BCUT2D eigenvalue weighted by atomic mass is 32.2. The second-order valence-corrected chi connectivity index (χ2v) is 6.43. The molecule has 0 aromatic rings. The minimum absolute atomic E-state index is 0.135. The maximum Gasteiger partial charge on any atom is 0.353 e. The Morgan fingerprint density at radius 3 is 2.73 bits per heavy atom. The highest BCUT2D eigenvalue weighted by molar-refractivity contribution is 7.91. The van der Waals surface area contributed by atoms with Crippen LogP contribution in [0.3, 0.4) is 0 Å². The number of β-lactam (4-membered cyclic amide) rings is 1. The number of nitrogens with zero attached hydrogens (tertiary/aromatic N) is 1. The molecule has 2 rings (SSSR count). The highest BCUT2D eigenvalue weighted by Crippen LogP contribution is 2.44. The van der Waals surface area contributed by atoms with Crippen LogP contribution in [0, 0.1) is 5.92 Å². The Morgan fingerprint density at radius 2 is 2.18 bits per heavy atom. The third-order valence-corrected chi connectivity index (χ3v) is 5.03. The van der Waals surface area contributed by atoms with E-state index in [9.17, 15) is 23.7 Å². The average molecular weight is 327 g/mol. The summed E-state index contributed by atoms with van der Waals surface area (Å²) in [7, 11) is -0.388. The smallest absolute Gasteiger partial charge is 0.353 e. The lowest BCUT2D eigenvalue weighted by molar-refractivity contribution is -0.155. The predicted molar refractivity (Wildman–Crippen MR) is 77.9 cm³/mol. The number of ketones is 1. The summed E-state index contributed by atoms with van der Waals surface area (Å²) in [4.78, 5) is 36.1. The van der Waals surface area contributed by atoms with Crippen LogP contribution in [0.15, 0.2) is 22.1 Å². The first-order valence-electron chi connectivity index (χ1n) is 6.82. The van der Waals surface area contributed by atoms with E-state index in [0.717, 1.165) is 11.5 Å². The number of carboxylic acid groups (broad SMARTS) is 1. The van der Waals surface area contributed by atoms with Gasteiger partial charge in [0.25, 0.3) is 0 Å². The Morgan fingerprint density at radius 1 is 1.50 bits per heavy atom. The first-order valence-corrected chi connectivity index (χ1v) is 8.03. The number of carbonyl (C=O) groups excluding carboxylic acids is 2. The molecule has 0 spiro atoms. The molecular formula is C14H17NO6S. The van der Waals surface area contributed by atoms with E-state index in [0.29, 0.717) is 6.42 Å². The lowest BCUT2D eigenvalue weighted by atomic mass is 9.85. The molecule has 3 atom stereocenters. The Labute approximate surface area is 130 Å². The molecule has 2 heterocycles. The summed E-state index contributed by atoms with van der Waals surface area (Å²) in [6.45, 7) is 1.72. The zero-order valence-corrected chi connectivity index (χ0v) is 13.1. The molecule has 0 aromatic heterocycles. The van der Waals surface area contributed by atoms with E-state index in [4.69, 9.17) is 0 Å². The summed E-state index contributed by atoms with van der Waals surface area (Å²) < 4.78 is 16.9. The monoisotopic (exact) mass is 327 g/mol. The van der Waals surface area contributed by atoms with Gasteiger partial charge in [-0.1, -0.05) is 6.92 Å². The molecule has 8 heteroatoms. The molecule has 1 saturated heterocycles. The number of hydrogen-bond acceptors (Lipinski definition) is 5. The van der Waals surface area contributed by atoms with E-state index in [1.165, 1.54) is 12.0 Å². The minimum atomic E-state index is -1.76. The third kappa shape index (κ3) is 2.76. The van der Waals surface area contributed by atoms with Crippen LogP contribution < -0.4 is 0 Å². The molecule has 2 aliphatic rings. The molecule has 1 fully saturated rings. The molecule has 1 amide bonds. The highest BCUT2D eigenvalue weighted by Gasteiger charge is 2.54. The molecule has 22 heavy (non-hydrogen) atoms. The van der Waals surface area contributed by atoms with Crippen LogP contribution in [0.1, 0.15) is 19.8 Å².